The van der Waals surface area contributed by atoms with Crippen LogP contribution in [-0.4, -0.2) is 28.3 Å². The third-order valence-electron chi connectivity index (χ3n) is 8.85. The van der Waals surface area contributed by atoms with E-state index in [0.717, 1.165) is 34.0 Å². The number of benzene rings is 6. The maximum Gasteiger partial charge on any atom is 0.214 e. The first-order chi connectivity index (χ1) is 22.2. The molecule has 45 heavy (non-hydrogen) atoms. The van der Waals surface area contributed by atoms with Crippen molar-refractivity contribution in [3.8, 4) is 11.1 Å². The second kappa shape index (κ2) is 10.3. The van der Waals surface area contributed by atoms with Gasteiger partial charge in [0.1, 0.15) is 0 Å². The van der Waals surface area contributed by atoms with E-state index in [1.54, 1.807) is 0 Å². The van der Waals surface area contributed by atoms with Crippen LogP contribution in [0.4, 0.5) is 0 Å². The number of amidine groups is 1. The van der Waals surface area contributed by atoms with Crippen LogP contribution >= 0.6 is 11.3 Å². The molecule has 2 aromatic heterocycles. The SMILES string of the molecule is CN1C(n2c3ccccc3c3ccc(-c4cccc5c4sc4ccccc45)cc32)=NC(c2ccccc2)=NC1c1ccccc1. The molecule has 0 amide bonds. The molecule has 1 unspecified atom stereocenters. The van der Waals surface area contributed by atoms with E-state index in [2.05, 4.69) is 144 Å². The Bertz CT molecular complexity index is 2450. The molecule has 8 aromatic rings. The van der Waals surface area contributed by atoms with E-state index in [9.17, 15) is 0 Å². The van der Waals surface area contributed by atoms with Crippen molar-refractivity contribution < 1.29 is 0 Å². The van der Waals surface area contributed by atoms with Crippen LogP contribution in [0.3, 0.4) is 0 Å². The first kappa shape index (κ1) is 25.9. The molecule has 0 bridgehead atoms. The molecule has 1 atom stereocenters. The van der Waals surface area contributed by atoms with Crippen LogP contribution in [0.2, 0.25) is 0 Å². The number of hydrogen-bond acceptors (Lipinski definition) is 4. The fourth-order valence-electron chi connectivity index (χ4n) is 6.70. The van der Waals surface area contributed by atoms with Crippen molar-refractivity contribution in [2.24, 2.45) is 9.98 Å². The average molecular weight is 597 g/mol. The molecule has 9 rings (SSSR count). The maximum absolute atomic E-state index is 5.29. The van der Waals surface area contributed by atoms with Gasteiger partial charge in [-0.15, -0.1) is 11.3 Å². The zero-order valence-corrected chi connectivity index (χ0v) is 25.4. The number of rotatable bonds is 3. The van der Waals surface area contributed by atoms with Gasteiger partial charge in [-0.2, -0.15) is 4.99 Å². The molecule has 1 aliphatic rings. The van der Waals surface area contributed by atoms with Crippen molar-refractivity contribution in [2.45, 2.75) is 6.17 Å². The van der Waals surface area contributed by atoms with Gasteiger partial charge in [0, 0.05) is 43.6 Å². The van der Waals surface area contributed by atoms with E-state index in [4.69, 9.17) is 9.98 Å². The second-order valence-corrected chi connectivity index (χ2v) is 12.5. The molecule has 214 valence electrons. The molecule has 0 fully saturated rings. The Labute approximate surface area is 264 Å². The summed E-state index contributed by atoms with van der Waals surface area (Å²) in [5, 5.41) is 5.02. The predicted molar refractivity (Wildman–Crippen MR) is 191 cm³/mol. The Morgan fingerprint density at radius 2 is 1.27 bits per heavy atom. The Morgan fingerprint density at radius 1 is 0.578 bits per heavy atom. The van der Waals surface area contributed by atoms with Crippen LogP contribution in [0.1, 0.15) is 17.3 Å². The zero-order valence-electron chi connectivity index (χ0n) is 24.6. The van der Waals surface area contributed by atoms with Gasteiger partial charge in [-0.3, -0.25) is 4.57 Å². The fourth-order valence-corrected chi connectivity index (χ4v) is 7.94. The predicted octanol–water partition coefficient (Wildman–Crippen LogP) is 10.1. The summed E-state index contributed by atoms with van der Waals surface area (Å²) in [6.45, 7) is 0. The average Bonchev–Trinajstić information content (AvgIpc) is 3.65. The summed E-state index contributed by atoms with van der Waals surface area (Å²) >= 11 is 1.87. The highest BCUT2D eigenvalue weighted by atomic mass is 32.1. The molecular weight excluding hydrogens is 569 g/mol. The summed E-state index contributed by atoms with van der Waals surface area (Å²) in [7, 11) is 2.10. The van der Waals surface area contributed by atoms with Crippen LogP contribution in [-0.2, 0) is 0 Å². The molecule has 0 saturated carbocycles. The van der Waals surface area contributed by atoms with Gasteiger partial charge in [0.05, 0.1) is 11.0 Å². The van der Waals surface area contributed by atoms with Crippen LogP contribution in [0.15, 0.2) is 156 Å². The van der Waals surface area contributed by atoms with Crippen molar-refractivity contribution in [1.82, 2.24) is 9.47 Å². The molecule has 5 heteroatoms. The molecule has 0 radical (unpaired) electrons. The Kier molecular flexibility index (Phi) is 5.93. The van der Waals surface area contributed by atoms with Crippen LogP contribution in [0, 0.1) is 0 Å². The summed E-state index contributed by atoms with van der Waals surface area (Å²) in [5.41, 5.74) is 6.81. The van der Waals surface area contributed by atoms with Crippen LogP contribution < -0.4 is 0 Å². The van der Waals surface area contributed by atoms with E-state index in [0.29, 0.717) is 0 Å². The van der Waals surface area contributed by atoms with Crippen molar-refractivity contribution in [3.63, 3.8) is 0 Å². The van der Waals surface area contributed by atoms with Gasteiger partial charge in [0.2, 0.25) is 5.96 Å². The quantitative estimate of drug-likeness (QED) is 0.200. The molecule has 0 aliphatic carbocycles. The highest BCUT2D eigenvalue weighted by molar-refractivity contribution is 7.26. The van der Waals surface area contributed by atoms with Gasteiger partial charge >= 0.3 is 0 Å². The monoisotopic (exact) mass is 596 g/mol. The van der Waals surface area contributed by atoms with Gasteiger partial charge in [0.15, 0.2) is 12.0 Å². The lowest BCUT2D eigenvalue weighted by atomic mass is 10.0. The summed E-state index contributed by atoms with van der Waals surface area (Å²) in [4.78, 5) is 12.7. The van der Waals surface area contributed by atoms with Crippen molar-refractivity contribution in [3.05, 3.63) is 157 Å². The van der Waals surface area contributed by atoms with E-state index < -0.39 is 0 Å². The number of para-hydroxylation sites is 1. The lowest BCUT2D eigenvalue weighted by Crippen LogP contribution is -2.39. The molecule has 4 nitrogen and oxygen atoms in total. The van der Waals surface area contributed by atoms with Crippen LogP contribution in [0.25, 0.3) is 53.1 Å². The zero-order chi connectivity index (χ0) is 29.9. The Morgan fingerprint density at radius 3 is 2.11 bits per heavy atom. The third-order valence-corrected chi connectivity index (χ3v) is 10.1. The number of hydrogen-bond donors (Lipinski definition) is 0. The van der Waals surface area contributed by atoms with Gasteiger partial charge in [-0.25, -0.2) is 4.99 Å². The normalized spacial score (nSPS) is 15.2. The van der Waals surface area contributed by atoms with Gasteiger partial charge in [-0.05, 0) is 34.9 Å². The smallest absolute Gasteiger partial charge is 0.214 e. The molecule has 3 heterocycles. The van der Waals surface area contributed by atoms with Crippen molar-refractivity contribution in [2.75, 3.05) is 7.05 Å². The lowest BCUT2D eigenvalue weighted by molar-refractivity contribution is 0.372. The Hall–Kier alpha value is -5.52. The first-order valence-electron chi connectivity index (χ1n) is 15.2. The standard InChI is InChI=1S/C40H28N4S/c1-43-39(27-15-6-3-7-16-27)41-38(26-13-4-2-5-14-26)42-40(43)44-34-21-10-8-17-30(34)31-24-23-28(25-35(31)44)29-19-12-20-33-32-18-9-11-22-36(32)45-37(29)33/h2-25,39H,1H3. The first-order valence-corrected chi connectivity index (χ1v) is 16.0. The molecule has 0 saturated heterocycles. The molecular formula is C40H28N4S. The minimum atomic E-state index is -0.222. The van der Waals surface area contributed by atoms with Gasteiger partial charge in [-0.1, -0.05) is 127 Å². The number of thiophene rings is 1. The number of aromatic nitrogens is 1. The van der Waals surface area contributed by atoms with Gasteiger partial charge < -0.3 is 4.90 Å². The lowest BCUT2D eigenvalue weighted by Gasteiger charge is -2.33. The molecule has 0 spiro atoms. The summed E-state index contributed by atoms with van der Waals surface area (Å²) in [6, 6.07) is 51.7. The van der Waals surface area contributed by atoms with Crippen LogP contribution in [0.5, 0.6) is 0 Å². The molecule has 6 aromatic carbocycles. The largest absolute Gasteiger partial charge is 0.319 e. The minimum absolute atomic E-state index is 0.222. The number of aliphatic imine (C=N–C) groups is 2. The third kappa shape index (κ3) is 4.12. The van der Waals surface area contributed by atoms with Crippen molar-refractivity contribution in [1.29, 1.82) is 0 Å². The summed E-state index contributed by atoms with van der Waals surface area (Å²) in [6.07, 6.45) is -0.222. The van der Waals surface area contributed by atoms with E-state index in [1.165, 1.54) is 42.1 Å². The maximum atomic E-state index is 5.29. The minimum Gasteiger partial charge on any atom is -0.319 e. The highest BCUT2D eigenvalue weighted by Gasteiger charge is 2.29. The molecule has 1 aliphatic heterocycles. The van der Waals surface area contributed by atoms with E-state index in [-0.39, 0.29) is 6.17 Å². The van der Waals surface area contributed by atoms with E-state index >= 15 is 0 Å². The number of nitrogens with zero attached hydrogens (tertiary/aromatic N) is 4. The summed E-state index contributed by atoms with van der Waals surface area (Å²) < 4.78 is 4.95. The molecule has 0 N–H and O–H groups in total. The van der Waals surface area contributed by atoms with Crippen molar-refractivity contribution >= 4 is 65.1 Å². The second-order valence-electron chi connectivity index (χ2n) is 11.5. The summed E-state index contributed by atoms with van der Waals surface area (Å²) in [5.74, 6) is 1.58. The number of fused-ring (bicyclic) bond motifs is 6. The van der Waals surface area contributed by atoms with E-state index in [1.807, 2.05) is 29.5 Å². The fraction of sp³-hybridized carbons (Fsp3) is 0.0500. The Balaban J connectivity index is 1.30. The topological polar surface area (TPSA) is 32.9 Å². The van der Waals surface area contributed by atoms with Gasteiger partial charge in [0.25, 0.3) is 0 Å². The highest BCUT2D eigenvalue weighted by Crippen LogP contribution is 2.41.